The van der Waals surface area contributed by atoms with Gasteiger partial charge in [-0.25, -0.2) is 0 Å². The standard InChI is InChI=1S/C5H4Cl2N2O/c6-4-8-2-1-3-9(4)5(7)10/h1-4H. The Balaban J connectivity index is 2.70. The molecule has 10 heavy (non-hydrogen) atoms. The fourth-order valence-corrected chi connectivity index (χ4v) is 0.955. The number of carbonyl (C=O) groups excluding carboxylic acids is 1. The highest BCUT2D eigenvalue weighted by molar-refractivity contribution is 6.63. The predicted molar refractivity (Wildman–Crippen MR) is 40.4 cm³/mol. The first-order valence-corrected chi connectivity index (χ1v) is 3.35. The molecule has 1 unspecified atom stereocenters. The molecule has 1 amide bonds. The fraction of sp³-hybridized carbons (Fsp3) is 0.200. The molecule has 0 fully saturated rings. The maximum atomic E-state index is 10.5. The summed E-state index contributed by atoms with van der Waals surface area (Å²) in [6.07, 6.45) is 4.56. The van der Waals surface area contributed by atoms with Crippen LogP contribution in [0.25, 0.3) is 0 Å². The lowest BCUT2D eigenvalue weighted by molar-refractivity contribution is 0.235. The largest absolute Gasteiger partial charge is 0.323 e. The minimum absolute atomic E-state index is 0.631. The highest BCUT2D eigenvalue weighted by atomic mass is 35.5. The lowest BCUT2D eigenvalue weighted by Gasteiger charge is -2.19. The molecule has 1 rings (SSSR count). The van der Waals surface area contributed by atoms with Crippen LogP contribution in [-0.4, -0.2) is 22.1 Å². The summed E-state index contributed by atoms with van der Waals surface area (Å²) < 4.78 is 0. The van der Waals surface area contributed by atoms with Crippen molar-refractivity contribution < 1.29 is 4.79 Å². The summed E-state index contributed by atoms with van der Waals surface area (Å²) in [5.41, 5.74) is -0.699. The highest BCUT2D eigenvalue weighted by Gasteiger charge is 2.17. The predicted octanol–water partition coefficient (Wildman–Crippen LogP) is 1.77. The molecule has 0 N–H and O–H groups in total. The number of alkyl halides is 1. The number of halogens is 2. The molecule has 0 aliphatic carbocycles. The lowest BCUT2D eigenvalue weighted by atomic mass is 10.5. The van der Waals surface area contributed by atoms with Gasteiger partial charge in [0.25, 0.3) is 0 Å². The summed E-state index contributed by atoms with van der Waals surface area (Å²) in [5.74, 6) is 0. The number of aliphatic imine (C=N–C) groups is 1. The lowest BCUT2D eigenvalue weighted by Crippen LogP contribution is -2.28. The second-order valence-corrected chi connectivity index (χ2v) is 2.32. The number of hydrogen-bond acceptors (Lipinski definition) is 2. The van der Waals surface area contributed by atoms with Gasteiger partial charge in [0.1, 0.15) is 0 Å². The average Bonchev–Trinajstić information content (AvgIpc) is 1.88. The number of amides is 1. The van der Waals surface area contributed by atoms with Crippen molar-refractivity contribution in [1.82, 2.24) is 4.90 Å². The van der Waals surface area contributed by atoms with E-state index in [4.69, 9.17) is 23.2 Å². The molecular weight excluding hydrogens is 175 g/mol. The average molecular weight is 179 g/mol. The summed E-state index contributed by atoms with van der Waals surface area (Å²) in [5, 5.41) is -0.631. The second-order valence-electron chi connectivity index (χ2n) is 1.61. The first kappa shape index (κ1) is 7.57. The van der Waals surface area contributed by atoms with E-state index in [1.165, 1.54) is 12.4 Å². The van der Waals surface area contributed by atoms with Crippen LogP contribution in [0.3, 0.4) is 0 Å². The maximum absolute atomic E-state index is 10.5. The Morgan fingerprint density at radius 1 is 1.70 bits per heavy atom. The Morgan fingerprint density at radius 3 is 2.80 bits per heavy atom. The highest BCUT2D eigenvalue weighted by Crippen LogP contribution is 2.12. The molecule has 1 atom stereocenters. The van der Waals surface area contributed by atoms with Gasteiger partial charge in [-0.2, -0.15) is 0 Å². The Morgan fingerprint density at radius 2 is 2.40 bits per heavy atom. The SMILES string of the molecule is O=C(Cl)N1C=CC=NC1Cl. The number of hydrogen-bond donors (Lipinski definition) is 0. The third-order valence-electron chi connectivity index (χ3n) is 0.974. The molecule has 1 heterocycles. The van der Waals surface area contributed by atoms with Crippen molar-refractivity contribution in [3.05, 3.63) is 12.3 Å². The van der Waals surface area contributed by atoms with Crippen LogP contribution >= 0.6 is 23.2 Å². The van der Waals surface area contributed by atoms with E-state index < -0.39 is 11.0 Å². The molecule has 0 aromatic rings. The molecule has 3 nitrogen and oxygen atoms in total. The quantitative estimate of drug-likeness (QED) is 0.316. The zero-order valence-corrected chi connectivity index (χ0v) is 6.38. The summed E-state index contributed by atoms with van der Waals surface area (Å²) in [7, 11) is 0. The molecule has 0 spiro atoms. The molecule has 0 bridgehead atoms. The van der Waals surface area contributed by atoms with Gasteiger partial charge in [0.05, 0.1) is 0 Å². The third kappa shape index (κ3) is 1.49. The van der Waals surface area contributed by atoms with Crippen molar-refractivity contribution in [2.24, 2.45) is 4.99 Å². The van der Waals surface area contributed by atoms with Crippen LogP contribution < -0.4 is 0 Å². The van der Waals surface area contributed by atoms with Crippen molar-refractivity contribution >= 4 is 34.8 Å². The molecule has 0 radical (unpaired) electrons. The van der Waals surface area contributed by atoms with E-state index in [0.717, 1.165) is 4.90 Å². The van der Waals surface area contributed by atoms with Gasteiger partial charge in [-0.1, -0.05) is 11.6 Å². The van der Waals surface area contributed by atoms with Crippen LogP contribution in [0, 0.1) is 0 Å². The molecular formula is C5H4Cl2N2O. The molecule has 54 valence electrons. The Bertz CT molecular complexity index is 202. The second kappa shape index (κ2) is 3.03. The van der Waals surface area contributed by atoms with Crippen LogP contribution in [0.15, 0.2) is 17.3 Å². The zero-order chi connectivity index (χ0) is 7.56. The van der Waals surface area contributed by atoms with Crippen LogP contribution in [0.1, 0.15) is 0 Å². The van der Waals surface area contributed by atoms with Crippen molar-refractivity contribution in [2.75, 3.05) is 0 Å². The summed E-state index contributed by atoms with van der Waals surface area (Å²) in [6, 6.07) is 0. The van der Waals surface area contributed by atoms with Gasteiger partial charge in [-0.15, -0.1) is 0 Å². The number of carbonyl (C=O) groups is 1. The van der Waals surface area contributed by atoms with Gasteiger partial charge in [-0.05, 0) is 17.7 Å². The van der Waals surface area contributed by atoms with Gasteiger partial charge < -0.3 is 0 Å². The van der Waals surface area contributed by atoms with Gasteiger partial charge in [0.15, 0.2) is 0 Å². The number of allylic oxidation sites excluding steroid dienone is 1. The van der Waals surface area contributed by atoms with Gasteiger partial charge in [0, 0.05) is 12.4 Å². The summed E-state index contributed by atoms with van der Waals surface area (Å²) in [4.78, 5) is 15.3. The Labute approximate surface area is 67.9 Å². The normalized spacial score (nSPS) is 23.4. The van der Waals surface area contributed by atoms with Crippen LogP contribution in [0.4, 0.5) is 4.79 Å². The van der Waals surface area contributed by atoms with E-state index >= 15 is 0 Å². The smallest absolute Gasteiger partial charge is 0.269 e. The van der Waals surface area contributed by atoms with E-state index in [2.05, 4.69) is 4.99 Å². The third-order valence-corrected chi connectivity index (χ3v) is 1.49. The van der Waals surface area contributed by atoms with Crippen molar-refractivity contribution in [3.8, 4) is 0 Å². The molecule has 5 heteroatoms. The monoisotopic (exact) mass is 178 g/mol. The maximum Gasteiger partial charge on any atom is 0.323 e. The van der Waals surface area contributed by atoms with Gasteiger partial charge in [0.2, 0.25) is 5.62 Å². The van der Waals surface area contributed by atoms with Crippen molar-refractivity contribution in [1.29, 1.82) is 0 Å². The van der Waals surface area contributed by atoms with Crippen LogP contribution in [-0.2, 0) is 0 Å². The molecule has 1 aliphatic rings. The fourth-order valence-electron chi connectivity index (χ4n) is 0.537. The van der Waals surface area contributed by atoms with E-state index in [1.54, 1.807) is 6.08 Å². The first-order valence-electron chi connectivity index (χ1n) is 2.53. The Hall–Kier alpha value is -0.540. The number of nitrogens with zero attached hydrogens (tertiary/aromatic N) is 2. The minimum Gasteiger partial charge on any atom is -0.269 e. The minimum atomic E-state index is -0.699. The van der Waals surface area contributed by atoms with Crippen LogP contribution in [0.2, 0.25) is 0 Å². The summed E-state index contributed by atoms with van der Waals surface area (Å²) >= 11 is 10.7. The molecule has 0 saturated heterocycles. The van der Waals surface area contributed by atoms with Gasteiger partial charge >= 0.3 is 5.37 Å². The van der Waals surface area contributed by atoms with E-state index in [1.807, 2.05) is 0 Å². The first-order chi connectivity index (χ1) is 4.72. The van der Waals surface area contributed by atoms with Crippen molar-refractivity contribution in [2.45, 2.75) is 5.62 Å². The molecule has 0 saturated carbocycles. The van der Waals surface area contributed by atoms with E-state index in [-0.39, 0.29) is 0 Å². The topological polar surface area (TPSA) is 32.7 Å². The Kier molecular flexibility index (Phi) is 2.29. The van der Waals surface area contributed by atoms with E-state index in [9.17, 15) is 4.79 Å². The number of rotatable bonds is 0. The molecule has 0 aromatic heterocycles. The molecule has 1 aliphatic heterocycles. The zero-order valence-electron chi connectivity index (χ0n) is 4.87. The van der Waals surface area contributed by atoms with Gasteiger partial charge in [-0.3, -0.25) is 14.7 Å². The van der Waals surface area contributed by atoms with Crippen molar-refractivity contribution in [3.63, 3.8) is 0 Å². The molecule has 0 aromatic carbocycles. The van der Waals surface area contributed by atoms with E-state index in [0.29, 0.717) is 0 Å². The summed E-state index contributed by atoms with van der Waals surface area (Å²) in [6.45, 7) is 0. The van der Waals surface area contributed by atoms with Crippen LogP contribution in [0.5, 0.6) is 0 Å².